The summed E-state index contributed by atoms with van der Waals surface area (Å²) >= 11 is 0. The third kappa shape index (κ3) is 7.87. The molecule has 1 unspecified atom stereocenters. The van der Waals surface area contributed by atoms with Gasteiger partial charge >= 0.3 is 0 Å². The summed E-state index contributed by atoms with van der Waals surface area (Å²) in [6.07, 6.45) is 0.475. The van der Waals surface area contributed by atoms with Crippen LogP contribution in [-0.4, -0.2) is 31.2 Å². The molecule has 0 aliphatic rings. The number of amides is 1. The van der Waals surface area contributed by atoms with Crippen LogP contribution >= 0.6 is 12.4 Å². The van der Waals surface area contributed by atoms with Gasteiger partial charge in [-0.15, -0.1) is 12.4 Å². The van der Waals surface area contributed by atoms with E-state index in [0.29, 0.717) is 18.8 Å². The van der Waals surface area contributed by atoms with Crippen molar-refractivity contribution in [2.24, 2.45) is 0 Å². The zero-order valence-corrected chi connectivity index (χ0v) is 15.8. The Hall–Kier alpha value is -2.08. The summed E-state index contributed by atoms with van der Waals surface area (Å²) in [5.74, 6) is 0.645. The predicted octanol–water partition coefficient (Wildman–Crippen LogP) is 2.84. The Morgan fingerprint density at radius 1 is 1.15 bits per heavy atom. The molecular weight excluding hydrogens is 352 g/mol. The predicted molar refractivity (Wildman–Crippen MR) is 106 cm³/mol. The molecule has 6 heteroatoms. The maximum Gasteiger partial charge on any atom is 0.220 e. The van der Waals surface area contributed by atoms with Crippen LogP contribution < -0.4 is 15.4 Å². The monoisotopic (exact) mass is 378 g/mol. The maximum absolute atomic E-state index is 11.7. The van der Waals surface area contributed by atoms with Crippen molar-refractivity contribution in [1.29, 1.82) is 0 Å². The largest absolute Gasteiger partial charge is 0.489 e. The third-order valence-corrected chi connectivity index (χ3v) is 3.81. The molecule has 0 spiro atoms. The van der Waals surface area contributed by atoms with Crippen LogP contribution in [0.4, 0.5) is 0 Å². The van der Waals surface area contributed by atoms with Gasteiger partial charge in [-0.25, -0.2) is 0 Å². The first kappa shape index (κ1) is 22.0. The highest BCUT2D eigenvalue weighted by Crippen LogP contribution is 2.20. The van der Waals surface area contributed by atoms with E-state index in [-0.39, 0.29) is 24.9 Å². The van der Waals surface area contributed by atoms with Gasteiger partial charge in [0.05, 0.1) is 6.10 Å². The van der Waals surface area contributed by atoms with Gasteiger partial charge in [0.1, 0.15) is 12.4 Å². The lowest BCUT2D eigenvalue weighted by Crippen LogP contribution is -2.28. The first-order valence-corrected chi connectivity index (χ1v) is 8.55. The fourth-order valence-electron chi connectivity index (χ4n) is 2.39. The van der Waals surface area contributed by atoms with Crippen molar-refractivity contribution in [3.05, 3.63) is 65.7 Å². The topological polar surface area (TPSA) is 70.6 Å². The normalized spacial score (nSPS) is 11.3. The van der Waals surface area contributed by atoms with Crippen LogP contribution in [0.2, 0.25) is 0 Å². The van der Waals surface area contributed by atoms with E-state index in [1.165, 1.54) is 0 Å². The van der Waals surface area contributed by atoms with Crippen molar-refractivity contribution >= 4 is 18.3 Å². The lowest BCUT2D eigenvalue weighted by atomic mass is 10.1. The molecule has 5 nitrogen and oxygen atoms in total. The molecule has 0 saturated heterocycles. The second-order valence-electron chi connectivity index (χ2n) is 5.87. The Morgan fingerprint density at radius 2 is 1.92 bits per heavy atom. The zero-order chi connectivity index (χ0) is 17.9. The van der Waals surface area contributed by atoms with Crippen molar-refractivity contribution in [3.8, 4) is 5.75 Å². The van der Waals surface area contributed by atoms with E-state index >= 15 is 0 Å². The SMILES string of the molecule is CNCCCC(=O)NCC(O)c1cccc(OCc2ccccc2)c1.Cl. The van der Waals surface area contributed by atoms with E-state index in [1.54, 1.807) is 6.07 Å². The molecule has 0 radical (unpaired) electrons. The summed E-state index contributed by atoms with van der Waals surface area (Å²) in [5, 5.41) is 16.0. The smallest absolute Gasteiger partial charge is 0.220 e. The highest BCUT2D eigenvalue weighted by molar-refractivity contribution is 5.85. The second kappa shape index (κ2) is 12.3. The van der Waals surface area contributed by atoms with Gasteiger partial charge in [0.25, 0.3) is 0 Å². The fourth-order valence-corrected chi connectivity index (χ4v) is 2.39. The molecule has 3 N–H and O–H groups in total. The van der Waals surface area contributed by atoms with Crippen molar-refractivity contribution in [2.75, 3.05) is 20.1 Å². The molecule has 142 valence electrons. The summed E-state index contributed by atoms with van der Waals surface area (Å²) in [5.41, 5.74) is 1.81. The van der Waals surface area contributed by atoms with Crippen LogP contribution in [0.5, 0.6) is 5.75 Å². The van der Waals surface area contributed by atoms with Crippen molar-refractivity contribution in [1.82, 2.24) is 10.6 Å². The first-order valence-electron chi connectivity index (χ1n) is 8.55. The van der Waals surface area contributed by atoms with Gasteiger partial charge in [-0.1, -0.05) is 42.5 Å². The Bertz CT molecular complexity index is 653. The molecule has 2 aromatic rings. The average molecular weight is 379 g/mol. The number of carbonyl (C=O) groups is 1. The van der Waals surface area contributed by atoms with Gasteiger partial charge < -0.3 is 20.5 Å². The lowest BCUT2D eigenvalue weighted by Gasteiger charge is -2.14. The van der Waals surface area contributed by atoms with Crippen LogP contribution in [0.25, 0.3) is 0 Å². The van der Waals surface area contributed by atoms with Crippen LogP contribution in [0.1, 0.15) is 30.1 Å². The van der Waals surface area contributed by atoms with Gasteiger partial charge in [0.2, 0.25) is 5.91 Å². The number of benzene rings is 2. The van der Waals surface area contributed by atoms with E-state index in [1.807, 2.05) is 55.6 Å². The number of ether oxygens (including phenoxy) is 1. The zero-order valence-electron chi connectivity index (χ0n) is 15.0. The van der Waals surface area contributed by atoms with E-state index < -0.39 is 6.10 Å². The van der Waals surface area contributed by atoms with Crippen LogP contribution in [0, 0.1) is 0 Å². The Kier molecular flexibility index (Phi) is 10.4. The van der Waals surface area contributed by atoms with E-state index in [9.17, 15) is 9.90 Å². The summed E-state index contributed by atoms with van der Waals surface area (Å²) in [4.78, 5) is 11.7. The molecule has 0 heterocycles. The second-order valence-corrected chi connectivity index (χ2v) is 5.87. The molecule has 0 saturated carbocycles. The molecular formula is C20H27ClN2O3. The summed E-state index contributed by atoms with van der Waals surface area (Å²) in [6.45, 7) is 1.47. The van der Waals surface area contributed by atoms with Crippen molar-refractivity contribution in [2.45, 2.75) is 25.6 Å². The maximum atomic E-state index is 11.7. The number of carbonyl (C=O) groups excluding carboxylic acids is 1. The number of aliphatic hydroxyl groups is 1. The van der Waals surface area contributed by atoms with Gasteiger partial charge in [-0.2, -0.15) is 0 Å². The Morgan fingerprint density at radius 3 is 2.65 bits per heavy atom. The van der Waals surface area contributed by atoms with E-state index in [4.69, 9.17) is 4.74 Å². The highest BCUT2D eigenvalue weighted by atomic mass is 35.5. The lowest BCUT2D eigenvalue weighted by molar-refractivity contribution is -0.121. The van der Waals surface area contributed by atoms with Crippen LogP contribution in [0.15, 0.2) is 54.6 Å². The summed E-state index contributed by atoms with van der Waals surface area (Å²) in [6, 6.07) is 17.2. The van der Waals surface area contributed by atoms with Gasteiger partial charge in [-0.3, -0.25) is 4.79 Å². The van der Waals surface area contributed by atoms with Crippen molar-refractivity contribution in [3.63, 3.8) is 0 Å². The number of aliphatic hydroxyl groups excluding tert-OH is 1. The fraction of sp³-hybridized carbons (Fsp3) is 0.350. The Labute approximate surface area is 161 Å². The number of rotatable bonds is 10. The number of nitrogens with one attached hydrogen (secondary N) is 2. The minimum absolute atomic E-state index is 0. The first-order chi connectivity index (χ1) is 12.2. The van der Waals surface area contributed by atoms with Crippen molar-refractivity contribution < 1.29 is 14.6 Å². The quantitative estimate of drug-likeness (QED) is 0.556. The minimum atomic E-state index is -0.756. The molecule has 2 rings (SSSR count). The number of hydrogen-bond acceptors (Lipinski definition) is 4. The number of halogens is 1. The van der Waals surface area contributed by atoms with E-state index in [0.717, 1.165) is 24.1 Å². The molecule has 0 fully saturated rings. The molecule has 0 aliphatic carbocycles. The standard InChI is InChI=1S/C20H26N2O3.ClH/c1-21-12-6-11-20(24)22-14-19(23)17-9-5-10-18(13-17)25-15-16-7-3-2-4-8-16;/h2-5,7-10,13,19,21,23H,6,11-12,14-15H2,1H3,(H,22,24);1H. The van der Waals surface area contributed by atoms with Gasteiger partial charge in [0.15, 0.2) is 0 Å². The van der Waals surface area contributed by atoms with Gasteiger partial charge in [-0.05, 0) is 43.3 Å². The molecule has 2 aromatic carbocycles. The van der Waals surface area contributed by atoms with E-state index in [2.05, 4.69) is 10.6 Å². The molecule has 1 amide bonds. The highest BCUT2D eigenvalue weighted by Gasteiger charge is 2.10. The molecule has 26 heavy (non-hydrogen) atoms. The van der Waals surface area contributed by atoms with Gasteiger partial charge in [0, 0.05) is 13.0 Å². The molecule has 1 atom stereocenters. The average Bonchev–Trinajstić information content (AvgIpc) is 2.66. The minimum Gasteiger partial charge on any atom is -0.489 e. The number of hydrogen-bond donors (Lipinski definition) is 3. The summed E-state index contributed by atoms with van der Waals surface area (Å²) in [7, 11) is 1.86. The molecule has 0 aromatic heterocycles. The summed E-state index contributed by atoms with van der Waals surface area (Å²) < 4.78 is 5.77. The van der Waals surface area contributed by atoms with Crippen LogP contribution in [0.3, 0.4) is 0 Å². The van der Waals surface area contributed by atoms with Crippen LogP contribution in [-0.2, 0) is 11.4 Å². The Balaban J connectivity index is 0.00000338. The third-order valence-electron chi connectivity index (χ3n) is 3.81. The molecule has 0 aliphatic heterocycles. The molecule has 0 bridgehead atoms.